The molecular weight excluding hydrogens is 747 g/mol. The monoisotopic (exact) mass is 772 g/mol. The summed E-state index contributed by atoms with van der Waals surface area (Å²) >= 11 is 5.59. The normalized spacial score (nSPS) is 14.4. The van der Waals surface area contributed by atoms with Crippen LogP contribution >= 0.6 is 38.5 Å². The van der Waals surface area contributed by atoms with Gasteiger partial charge in [-0.05, 0) is 94.6 Å². The van der Waals surface area contributed by atoms with Gasteiger partial charge in [0.1, 0.15) is 12.2 Å². The van der Waals surface area contributed by atoms with Crippen LogP contribution in [-0.2, 0) is 16.2 Å². The summed E-state index contributed by atoms with van der Waals surface area (Å²) in [5.74, 6) is -0.443. The van der Waals surface area contributed by atoms with Crippen LogP contribution in [0.25, 0.3) is 16.8 Å². The smallest absolute Gasteiger partial charge is 0.343 e. The zero-order valence-electron chi connectivity index (χ0n) is 24.3. The summed E-state index contributed by atoms with van der Waals surface area (Å²) in [7, 11) is 1.53. The minimum Gasteiger partial charge on any atom is -0.493 e. The van der Waals surface area contributed by atoms with E-state index in [1.807, 2.05) is 79.7 Å². The first-order valence-electron chi connectivity index (χ1n) is 14.0. The number of hydrogen-bond donors (Lipinski definition) is 0. The molecule has 1 saturated heterocycles. The molecule has 1 aliphatic heterocycles. The van der Waals surface area contributed by atoms with Crippen LogP contribution in [0.2, 0.25) is 0 Å². The highest BCUT2D eigenvalue weighted by Gasteiger charge is 2.44. The summed E-state index contributed by atoms with van der Waals surface area (Å²) in [6.45, 7) is 2.24. The van der Waals surface area contributed by atoms with Gasteiger partial charge in [-0.25, -0.2) is 14.6 Å². The highest BCUT2D eigenvalue weighted by atomic mass is 127. The van der Waals surface area contributed by atoms with Crippen molar-refractivity contribution in [2.45, 2.75) is 13.5 Å². The van der Waals surface area contributed by atoms with Gasteiger partial charge in [0, 0.05) is 9.86 Å². The number of imide groups is 2. The largest absolute Gasteiger partial charge is 0.493 e. The number of carbonyl (C=O) groups is 3. The van der Waals surface area contributed by atoms with E-state index >= 15 is 0 Å². The van der Waals surface area contributed by atoms with Crippen LogP contribution in [-0.4, -0.2) is 25.0 Å². The van der Waals surface area contributed by atoms with E-state index in [9.17, 15) is 14.4 Å². The molecule has 1 fully saturated rings. The van der Waals surface area contributed by atoms with Gasteiger partial charge in [-0.15, -0.1) is 0 Å². The fourth-order valence-electron chi connectivity index (χ4n) is 5.13. The van der Waals surface area contributed by atoms with E-state index in [0.717, 1.165) is 34.4 Å². The number of halogens is 2. The van der Waals surface area contributed by atoms with Gasteiger partial charge in [0.15, 0.2) is 11.5 Å². The summed E-state index contributed by atoms with van der Waals surface area (Å²) in [5.41, 5.74) is 3.09. The van der Waals surface area contributed by atoms with Gasteiger partial charge in [-0.2, -0.15) is 0 Å². The lowest BCUT2D eigenvalue weighted by atomic mass is 10.0. The number of anilines is 2. The molecule has 0 atom stereocenters. The molecule has 5 aromatic rings. The van der Waals surface area contributed by atoms with Gasteiger partial charge in [-0.3, -0.25) is 9.59 Å². The van der Waals surface area contributed by atoms with Gasteiger partial charge in [0.25, 0.3) is 11.8 Å². The molecule has 9 heteroatoms. The van der Waals surface area contributed by atoms with Crippen molar-refractivity contribution < 1.29 is 23.9 Å². The third kappa shape index (κ3) is 6.10. The molecule has 224 valence electrons. The number of amides is 4. The Bertz CT molecular complexity index is 1990. The number of fused-ring (bicyclic) bond motifs is 1. The van der Waals surface area contributed by atoms with Crippen LogP contribution in [0.1, 0.15) is 16.7 Å². The van der Waals surface area contributed by atoms with Crippen LogP contribution in [0.5, 0.6) is 11.5 Å². The third-order valence-corrected chi connectivity index (χ3v) is 8.74. The maximum atomic E-state index is 14.1. The SMILES string of the molecule is COc1cc(/C=C2\C(=O)N(c3ccc(C)cc3)C(=O)N(c3cccc4ccccc34)C2=O)cc(I)c1OCc1ccc(Br)cc1. The van der Waals surface area contributed by atoms with Crippen molar-refractivity contribution in [3.05, 3.63) is 133 Å². The molecule has 5 aromatic carbocycles. The number of benzene rings is 5. The predicted octanol–water partition coefficient (Wildman–Crippen LogP) is 8.69. The summed E-state index contributed by atoms with van der Waals surface area (Å²) in [6.07, 6.45) is 1.50. The number of ether oxygens (including phenoxy) is 2. The first-order chi connectivity index (χ1) is 21.7. The number of urea groups is 1. The first kappa shape index (κ1) is 30.5. The molecule has 0 unspecified atom stereocenters. The van der Waals surface area contributed by atoms with Crippen LogP contribution in [0.3, 0.4) is 0 Å². The van der Waals surface area contributed by atoms with E-state index in [1.165, 1.54) is 13.2 Å². The van der Waals surface area contributed by atoms with Crippen LogP contribution in [0.4, 0.5) is 16.2 Å². The third-order valence-electron chi connectivity index (χ3n) is 7.41. The molecule has 4 amide bonds. The Morgan fingerprint density at radius 3 is 2.24 bits per heavy atom. The minimum absolute atomic E-state index is 0.163. The number of carbonyl (C=O) groups excluding carboxylic acids is 3. The molecule has 0 aromatic heterocycles. The Labute approximate surface area is 282 Å². The Hall–Kier alpha value is -4.48. The number of aryl methyl sites for hydroxylation is 1. The predicted molar refractivity (Wildman–Crippen MR) is 188 cm³/mol. The fourth-order valence-corrected chi connectivity index (χ4v) is 6.18. The number of hydrogen-bond acceptors (Lipinski definition) is 5. The van der Waals surface area contributed by atoms with E-state index in [0.29, 0.717) is 40.4 Å². The highest BCUT2D eigenvalue weighted by Crippen LogP contribution is 2.37. The van der Waals surface area contributed by atoms with Crippen LogP contribution in [0.15, 0.2) is 113 Å². The van der Waals surface area contributed by atoms with Gasteiger partial charge in [0.05, 0.1) is 22.1 Å². The van der Waals surface area contributed by atoms with E-state index < -0.39 is 17.8 Å². The average Bonchev–Trinajstić information content (AvgIpc) is 3.04. The molecule has 45 heavy (non-hydrogen) atoms. The molecule has 0 aliphatic carbocycles. The second-order valence-electron chi connectivity index (χ2n) is 10.4. The maximum absolute atomic E-state index is 14.1. The first-order valence-corrected chi connectivity index (χ1v) is 15.9. The number of rotatable bonds is 7. The van der Waals surface area contributed by atoms with Crippen molar-refractivity contribution in [3.63, 3.8) is 0 Å². The molecular formula is C36H26BrIN2O5. The van der Waals surface area contributed by atoms with E-state index in [4.69, 9.17) is 9.47 Å². The summed E-state index contributed by atoms with van der Waals surface area (Å²) in [5, 5.41) is 1.57. The number of methoxy groups -OCH3 is 1. The standard InChI is InChI=1S/C36H26BrIN2O5/c1-22-10-16-27(17-11-22)39-34(41)29(35(42)40(36(39)43)31-9-5-7-25-6-3-4-8-28(25)31)18-24-19-30(38)33(32(20-24)44-2)45-21-23-12-14-26(37)15-13-23/h3-20H,21H2,1-2H3/b29-18+. The van der Waals surface area contributed by atoms with Crippen molar-refractivity contribution in [2.75, 3.05) is 16.9 Å². The lowest BCUT2D eigenvalue weighted by Gasteiger charge is -2.34. The zero-order chi connectivity index (χ0) is 31.7. The number of barbiturate groups is 1. The Morgan fingerprint density at radius 2 is 1.51 bits per heavy atom. The Morgan fingerprint density at radius 1 is 0.822 bits per heavy atom. The Balaban J connectivity index is 1.43. The van der Waals surface area contributed by atoms with Crippen molar-refractivity contribution in [1.29, 1.82) is 0 Å². The van der Waals surface area contributed by atoms with Gasteiger partial charge >= 0.3 is 6.03 Å². The molecule has 1 heterocycles. The molecule has 7 nitrogen and oxygen atoms in total. The number of nitrogens with zero attached hydrogens (tertiary/aromatic N) is 2. The van der Waals surface area contributed by atoms with E-state index in [2.05, 4.69) is 38.5 Å². The van der Waals surface area contributed by atoms with Crippen molar-refractivity contribution >= 4 is 84.6 Å². The highest BCUT2D eigenvalue weighted by molar-refractivity contribution is 14.1. The molecule has 0 spiro atoms. The quantitative estimate of drug-likeness (QED) is 0.0941. The summed E-state index contributed by atoms with van der Waals surface area (Å²) in [4.78, 5) is 44.3. The molecule has 1 aliphatic rings. The minimum atomic E-state index is -0.744. The van der Waals surface area contributed by atoms with Gasteiger partial charge < -0.3 is 9.47 Å². The van der Waals surface area contributed by atoms with Gasteiger partial charge in [0.2, 0.25) is 0 Å². The average molecular weight is 773 g/mol. The van der Waals surface area contributed by atoms with Gasteiger partial charge in [-0.1, -0.05) is 82.2 Å². The van der Waals surface area contributed by atoms with Crippen molar-refractivity contribution in [1.82, 2.24) is 0 Å². The lowest BCUT2D eigenvalue weighted by Crippen LogP contribution is -2.57. The fraction of sp³-hybridized carbons (Fsp3) is 0.0833. The Kier molecular flexibility index (Phi) is 8.73. The molecule has 6 rings (SSSR count). The second kappa shape index (κ2) is 12.9. The second-order valence-corrected chi connectivity index (χ2v) is 12.5. The summed E-state index contributed by atoms with van der Waals surface area (Å²) in [6, 6.07) is 30.5. The molecule has 0 bridgehead atoms. The topological polar surface area (TPSA) is 76.2 Å². The van der Waals surface area contributed by atoms with Crippen LogP contribution in [0, 0.1) is 10.5 Å². The molecule has 0 radical (unpaired) electrons. The lowest BCUT2D eigenvalue weighted by molar-refractivity contribution is -0.121. The maximum Gasteiger partial charge on any atom is 0.343 e. The molecule has 0 saturated carbocycles. The van der Waals surface area contributed by atoms with Crippen molar-refractivity contribution in [3.8, 4) is 11.5 Å². The summed E-state index contributed by atoms with van der Waals surface area (Å²) < 4.78 is 13.5. The van der Waals surface area contributed by atoms with Crippen LogP contribution < -0.4 is 19.3 Å². The molecule has 0 N–H and O–H groups in total. The van der Waals surface area contributed by atoms with Crippen molar-refractivity contribution in [2.24, 2.45) is 0 Å². The zero-order valence-corrected chi connectivity index (χ0v) is 28.0. The van der Waals surface area contributed by atoms with E-state index in [-0.39, 0.29) is 5.57 Å². The van der Waals surface area contributed by atoms with E-state index in [1.54, 1.807) is 30.3 Å².